The number of hydrogen-bond donors (Lipinski definition) is 2. The van der Waals surface area contributed by atoms with E-state index in [-0.39, 0.29) is 78.5 Å². The molecule has 4 heterocycles. The molecule has 0 saturated carbocycles. The molecule has 0 aliphatic carbocycles. The van der Waals surface area contributed by atoms with E-state index in [1.165, 1.54) is 13.8 Å². The van der Waals surface area contributed by atoms with Crippen molar-refractivity contribution in [3.8, 4) is 0 Å². The predicted octanol–water partition coefficient (Wildman–Crippen LogP) is 5.73. The zero-order valence-electron chi connectivity index (χ0n) is 32.2. The second-order valence-electron chi connectivity index (χ2n) is 12.8. The van der Waals surface area contributed by atoms with Crippen molar-refractivity contribution in [1.82, 2.24) is 19.8 Å². The third-order valence-corrected chi connectivity index (χ3v) is 9.16. The molecule has 2 aliphatic rings. The second-order valence-corrected chi connectivity index (χ2v) is 12.8. The molecule has 0 radical (unpaired) electrons. The molecule has 4 N–H and O–H groups in total. The van der Waals surface area contributed by atoms with Gasteiger partial charge in [0.2, 0.25) is 11.8 Å². The zero-order valence-corrected chi connectivity index (χ0v) is 35.4. The van der Waals surface area contributed by atoms with Crippen molar-refractivity contribution in [3.63, 3.8) is 0 Å². The van der Waals surface area contributed by atoms with Crippen molar-refractivity contribution < 1.29 is 24.7 Å². The number of aromatic nitrogens is 2. The molecular weight excluding hydrogens is 814 g/mol. The fourth-order valence-electron chi connectivity index (χ4n) is 6.23. The van der Waals surface area contributed by atoms with E-state index in [0.717, 1.165) is 64.0 Å². The Bertz CT molecular complexity index is 1670. The molecule has 13 nitrogen and oxygen atoms in total. The highest BCUT2D eigenvalue weighted by Gasteiger charge is 2.20. The monoisotopic (exact) mass is 866 g/mol. The van der Waals surface area contributed by atoms with Crippen molar-refractivity contribution >= 4 is 96.0 Å². The summed E-state index contributed by atoms with van der Waals surface area (Å²) in [7, 11) is 0. The number of piperazine rings is 2. The lowest BCUT2D eigenvalue weighted by Crippen LogP contribution is -2.47. The van der Waals surface area contributed by atoms with E-state index >= 15 is 0 Å². The van der Waals surface area contributed by atoms with Crippen LogP contribution in [0.15, 0.2) is 97.3 Å². The number of nitrogens with zero attached hydrogens (tertiary/aromatic N) is 6. The Kier molecular flexibility index (Phi) is 25.2. The van der Waals surface area contributed by atoms with Crippen LogP contribution in [-0.4, -0.2) is 114 Å². The van der Waals surface area contributed by atoms with Gasteiger partial charge in [-0.1, -0.05) is 36.4 Å². The van der Waals surface area contributed by atoms with Gasteiger partial charge < -0.3 is 25.9 Å². The van der Waals surface area contributed by atoms with Gasteiger partial charge in [-0.3, -0.25) is 29.0 Å². The third-order valence-electron chi connectivity index (χ3n) is 9.16. The van der Waals surface area contributed by atoms with E-state index in [1.54, 1.807) is 36.4 Å². The molecule has 2 saturated heterocycles. The number of carbonyl (C=O) groups is 4. The minimum absolute atomic E-state index is 0. The van der Waals surface area contributed by atoms with Gasteiger partial charge in [0.25, 0.3) is 0 Å². The van der Waals surface area contributed by atoms with Crippen LogP contribution in [0.3, 0.4) is 0 Å². The molecule has 0 spiro atoms. The average molecular weight is 869 g/mol. The lowest BCUT2D eigenvalue weighted by Gasteiger charge is -2.35. The highest BCUT2D eigenvalue weighted by molar-refractivity contribution is 6.04. The lowest BCUT2D eigenvalue weighted by molar-refractivity contribution is -0.117. The van der Waals surface area contributed by atoms with Gasteiger partial charge in [-0.25, -0.2) is 9.97 Å². The molecule has 57 heavy (non-hydrogen) atoms. The van der Waals surface area contributed by atoms with Crippen LogP contribution in [0.4, 0.5) is 23.0 Å². The van der Waals surface area contributed by atoms with Gasteiger partial charge in [0.05, 0.1) is 11.4 Å². The number of benzene rings is 2. The minimum atomic E-state index is -0.0640. The van der Waals surface area contributed by atoms with Crippen molar-refractivity contribution in [2.45, 2.75) is 26.7 Å². The minimum Gasteiger partial charge on any atom is -0.412 e. The van der Waals surface area contributed by atoms with Gasteiger partial charge in [0.1, 0.15) is 11.6 Å². The van der Waals surface area contributed by atoms with E-state index in [1.807, 2.05) is 60.9 Å². The zero-order chi connectivity index (χ0) is 36.7. The summed E-state index contributed by atoms with van der Waals surface area (Å²) in [5.74, 6) is 1.78. The number of para-hydroxylation sites is 2. The van der Waals surface area contributed by atoms with E-state index < -0.39 is 0 Å². The molecule has 2 aromatic carbocycles. The first-order valence-electron chi connectivity index (χ1n) is 17.8. The molecule has 0 bridgehead atoms. The maximum Gasteiger partial charge on any atom is 0.225 e. The Labute approximate surface area is 359 Å². The summed E-state index contributed by atoms with van der Waals surface area (Å²) in [4.78, 5) is 65.6. The van der Waals surface area contributed by atoms with Gasteiger partial charge in [-0.15, -0.1) is 49.6 Å². The number of pyridine rings is 2. The van der Waals surface area contributed by atoms with Gasteiger partial charge in [0, 0.05) is 102 Å². The van der Waals surface area contributed by atoms with E-state index in [9.17, 15) is 19.2 Å². The largest absolute Gasteiger partial charge is 0.412 e. The highest BCUT2D eigenvalue weighted by Crippen LogP contribution is 2.18. The van der Waals surface area contributed by atoms with Gasteiger partial charge in [-0.05, 0) is 62.4 Å². The average Bonchev–Trinajstić information content (AvgIpc) is 3.18. The van der Waals surface area contributed by atoms with Crippen LogP contribution in [0.2, 0.25) is 0 Å². The Morgan fingerprint density at radius 3 is 1.16 bits per heavy atom. The summed E-state index contributed by atoms with van der Waals surface area (Å²) < 4.78 is 0. The fourth-order valence-corrected chi connectivity index (χ4v) is 6.23. The molecule has 17 heteroatoms. The second kappa shape index (κ2) is 27.3. The smallest absolute Gasteiger partial charge is 0.225 e. The van der Waals surface area contributed by atoms with Crippen LogP contribution in [0, 0.1) is 0 Å². The summed E-state index contributed by atoms with van der Waals surface area (Å²) in [5, 5.41) is 5.72. The quantitative estimate of drug-likeness (QED) is 0.168. The van der Waals surface area contributed by atoms with E-state index in [4.69, 9.17) is 0 Å². The number of rotatable bonds is 12. The molecule has 0 atom stereocenters. The number of Topliss-reactive ketones (excluding diaryl/α,β-unsaturated/α-hetero) is 2. The molecule has 312 valence electrons. The number of ketones is 2. The number of anilines is 4. The van der Waals surface area contributed by atoms with Crippen LogP contribution in [-0.2, 0) is 9.59 Å². The van der Waals surface area contributed by atoms with Crippen molar-refractivity contribution in [1.29, 1.82) is 0 Å². The number of amides is 2. The molecule has 6 rings (SSSR count). The van der Waals surface area contributed by atoms with Crippen molar-refractivity contribution in [2.24, 2.45) is 0 Å². The lowest BCUT2D eigenvalue weighted by atomic mass is 10.1. The number of nitrogens with one attached hydrogen (secondary N) is 2. The fraction of sp³-hybridized carbons (Fsp3) is 0.350. The van der Waals surface area contributed by atoms with E-state index in [0.29, 0.717) is 48.4 Å². The Balaban J connectivity index is 0.00000101. The molecule has 0 unspecified atom stereocenters. The number of halogens is 4. The van der Waals surface area contributed by atoms with Crippen LogP contribution < -0.4 is 20.4 Å². The van der Waals surface area contributed by atoms with Crippen LogP contribution in [0.25, 0.3) is 0 Å². The Morgan fingerprint density at radius 1 is 0.509 bits per heavy atom. The Hall–Kier alpha value is -4.34. The topological polar surface area (TPSA) is 163 Å². The van der Waals surface area contributed by atoms with E-state index in [2.05, 4.69) is 40.2 Å². The third kappa shape index (κ3) is 16.6. The molecular formula is C40H54Cl4N8O5. The molecule has 2 fully saturated rings. The number of carbonyl (C=O) groups excluding carboxylic acids is 4. The predicted molar refractivity (Wildman–Crippen MR) is 238 cm³/mol. The van der Waals surface area contributed by atoms with Crippen LogP contribution in [0.1, 0.15) is 47.4 Å². The summed E-state index contributed by atoms with van der Waals surface area (Å²) in [5.41, 5.74) is 2.27. The van der Waals surface area contributed by atoms with Gasteiger partial charge in [-0.2, -0.15) is 0 Å². The first-order chi connectivity index (χ1) is 25.3. The van der Waals surface area contributed by atoms with Crippen LogP contribution >= 0.6 is 49.6 Å². The van der Waals surface area contributed by atoms with Crippen molar-refractivity contribution in [3.05, 3.63) is 108 Å². The van der Waals surface area contributed by atoms with Gasteiger partial charge >= 0.3 is 0 Å². The summed E-state index contributed by atoms with van der Waals surface area (Å²) in [6.07, 6.45) is 4.45. The first-order valence-corrected chi connectivity index (χ1v) is 17.8. The van der Waals surface area contributed by atoms with Crippen molar-refractivity contribution in [2.75, 3.05) is 85.9 Å². The SMILES string of the molecule is CC(=O)c1ccccc1NC(=O)CCN1CCN(c2ccccn2)CC1.CC(=O)c1ccccc1NC(=O)CCN1CCN(c2ccccn2)CC1.Cl.Cl.Cl.Cl.O. The van der Waals surface area contributed by atoms with Crippen LogP contribution in [0.5, 0.6) is 0 Å². The van der Waals surface area contributed by atoms with Gasteiger partial charge in [0.15, 0.2) is 11.6 Å². The summed E-state index contributed by atoms with van der Waals surface area (Å²) in [6, 6.07) is 26.1. The first kappa shape index (κ1) is 52.7. The number of hydrogen-bond acceptors (Lipinski definition) is 10. The molecule has 2 aliphatic heterocycles. The Morgan fingerprint density at radius 2 is 0.842 bits per heavy atom. The maximum atomic E-state index is 12.2. The maximum absolute atomic E-state index is 12.2. The molecule has 2 aromatic heterocycles. The standard InChI is InChI=1S/2C20H24N4O2.4ClH.H2O/c2*1-16(25)17-6-2-3-7-18(17)22-20(26)9-11-23-12-14-24(15-13-23)19-8-4-5-10-21-19;;;;;/h2*2-8,10H,9,11-15H2,1H3,(H,22,26);4*1H;1H2. The molecule has 4 aromatic rings. The highest BCUT2D eigenvalue weighted by atomic mass is 35.5. The normalized spacial score (nSPS) is 13.6. The summed E-state index contributed by atoms with van der Waals surface area (Å²) >= 11 is 0. The molecule has 2 amide bonds. The summed E-state index contributed by atoms with van der Waals surface area (Å²) in [6.45, 7) is 11.7.